The van der Waals surface area contributed by atoms with E-state index in [1.807, 2.05) is 0 Å². The molecule has 0 N–H and O–H groups in total. The van der Waals surface area contributed by atoms with Crippen molar-refractivity contribution in [3.63, 3.8) is 0 Å². The van der Waals surface area contributed by atoms with E-state index >= 15 is 0 Å². The molecule has 1 aliphatic carbocycles. The quantitative estimate of drug-likeness (QED) is 0.145. The molecule has 0 aliphatic heterocycles. The molecule has 2 rings (SSSR count). The Morgan fingerprint density at radius 1 is 0.688 bits per heavy atom. The fourth-order valence-corrected chi connectivity index (χ4v) is 7.32. The second kappa shape index (κ2) is 17.4. The van der Waals surface area contributed by atoms with Gasteiger partial charge in [-0.05, 0) is 44.2 Å². The third kappa shape index (κ3) is 11.2. The van der Waals surface area contributed by atoms with Crippen LogP contribution in [0, 0.1) is 6.92 Å². The van der Waals surface area contributed by atoms with E-state index in [1.54, 1.807) is 21.5 Å². The molecule has 0 radical (unpaired) electrons. The van der Waals surface area contributed by atoms with Gasteiger partial charge in [0.2, 0.25) is 0 Å². The van der Waals surface area contributed by atoms with Crippen molar-refractivity contribution < 1.29 is 0 Å². The summed E-state index contributed by atoms with van der Waals surface area (Å²) in [5, 5.41) is 3.47. The van der Waals surface area contributed by atoms with Gasteiger partial charge in [-0.25, -0.2) is 0 Å². The van der Waals surface area contributed by atoms with Crippen molar-refractivity contribution in [2.75, 3.05) is 0 Å². The first kappa shape index (κ1) is 27.2. The molecular formula is C31H52Si. The van der Waals surface area contributed by atoms with Crippen LogP contribution >= 0.6 is 0 Å². The summed E-state index contributed by atoms with van der Waals surface area (Å²) in [6.07, 6.45) is 30.4. The molecule has 0 fully saturated rings. The summed E-state index contributed by atoms with van der Waals surface area (Å²) in [7, 11) is -0.283. The lowest BCUT2D eigenvalue weighted by atomic mass is 10.0. The predicted octanol–water partition coefficient (Wildman–Crippen LogP) is 8.83. The summed E-state index contributed by atoms with van der Waals surface area (Å²) in [5.74, 6) is 0. The van der Waals surface area contributed by atoms with Gasteiger partial charge in [-0.15, -0.1) is 0 Å². The van der Waals surface area contributed by atoms with Crippen LogP contribution in [0.25, 0.3) is 0 Å². The lowest BCUT2D eigenvalue weighted by molar-refractivity contribution is 0.529. The Labute approximate surface area is 203 Å². The third-order valence-corrected chi connectivity index (χ3v) is 9.80. The van der Waals surface area contributed by atoms with Gasteiger partial charge >= 0.3 is 0 Å². The number of allylic oxidation sites excluding steroid dienone is 4. The number of benzene rings is 1. The molecule has 0 nitrogen and oxygen atoms in total. The van der Waals surface area contributed by atoms with Crippen molar-refractivity contribution in [2.45, 2.75) is 136 Å². The molecule has 0 atom stereocenters. The lowest BCUT2D eigenvalue weighted by Crippen LogP contribution is -2.22. The second-order valence-corrected chi connectivity index (χ2v) is 12.3. The largest absolute Gasteiger partial charge is 0.0835 e. The van der Waals surface area contributed by atoms with Crippen molar-refractivity contribution in [1.82, 2.24) is 0 Å². The zero-order valence-electron chi connectivity index (χ0n) is 21.8. The van der Waals surface area contributed by atoms with Crippen LogP contribution < -0.4 is 5.19 Å². The minimum absolute atomic E-state index is 0.283. The van der Waals surface area contributed by atoms with Crippen LogP contribution in [0.5, 0.6) is 0 Å². The van der Waals surface area contributed by atoms with Gasteiger partial charge in [0.1, 0.15) is 0 Å². The normalized spacial score (nSPS) is 13.8. The summed E-state index contributed by atoms with van der Waals surface area (Å²) in [6, 6.07) is 7.04. The number of rotatable bonds is 19. The first-order valence-corrected chi connectivity index (χ1v) is 15.6. The average Bonchev–Trinajstić information content (AvgIpc) is 3.19. The summed E-state index contributed by atoms with van der Waals surface area (Å²) >= 11 is 0. The molecule has 0 amide bonds. The van der Waals surface area contributed by atoms with Crippen LogP contribution in [0.3, 0.4) is 0 Å². The van der Waals surface area contributed by atoms with Gasteiger partial charge in [0.25, 0.3) is 0 Å². The van der Waals surface area contributed by atoms with Gasteiger partial charge in [-0.1, -0.05) is 150 Å². The highest BCUT2D eigenvalue weighted by atomic mass is 28.2. The second-order valence-electron chi connectivity index (χ2n) is 10.3. The van der Waals surface area contributed by atoms with Gasteiger partial charge in [-0.3, -0.25) is 0 Å². The Kier molecular flexibility index (Phi) is 14.8. The Balaban J connectivity index is 1.47. The standard InChI is InChI=1S/C31H52Si/c1-4-5-6-7-8-9-10-11-12-13-14-15-16-17-18-19-24-29-27(2)22-20-26-31(29)32-30-25-21-23-28(30)3/h20-23,26H,4-19,24-25,32H2,1-3H3. The Morgan fingerprint density at radius 3 is 1.72 bits per heavy atom. The molecule has 32 heavy (non-hydrogen) atoms. The van der Waals surface area contributed by atoms with Crippen molar-refractivity contribution in [2.24, 2.45) is 0 Å². The van der Waals surface area contributed by atoms with E-state index in [1.165, 1.54) is 121 Å². The average molecular weight is 453 g/mol. The molecule has 0 bridgehead atoms. The summed E-state index contributed by atoms with van der Waals surface area (Å²) in [5.41, 5.74) is 4.77. The van der Waals surface area contributed by atoms with Crippen LogP contribution in [0.4, 0.5) is 0 Å². The van der Waals surface area contributed by atoms with E-state index in [0.29, 0.717) is 0 Å². The van der Waals surface area contributed by atoms with E-state index in [2.05, 4.69) is 51.1 Å². The minimum atomic E-state index is -0.283. The Morgan fingerprint density at radius 2 is 1.22 bits per heavy atom. The van der Waals surface area contributed by atoms with E-state index in [-0.39, 0.29) is 9.52 Å². The summed E-state index contributed by atoms with van der Waals surface area (Å²) in [6.45, 7) is 6.93. The van der Waals surface area contributed by atoms with Gasteiger partial charge in [-0.2, -0.15) is 0 Å². The highest BCUT2D eigenvalue weighted by molar-refractivity contribution is 6.62. The maximum atomic E-state index is 2.43. The van der Waals surface area contributed by atoms with Crippen molar-refractivity contribution in [3.05, 3.63) is 52.2 Å². The fraction of sp³-hybridized carbons (Fsp3) is 0.677. The van der Waals surface area contributed by atoms with E-state index in [0.717, 1.165) is 0 Å². The molecule has 0 unspecified atom stereocenters. The van der Waals surface area contributed by atoms with Crippen LogP contribution in [-0.2, 0) is 6.42 Å². The maximum Gasteiger partial charge on any atom is 0.0835 e. The zero-order valence-corrected chi connectivity index (χ0v) is 23.2. The fourth-order valence-electron chi connectivity index (χ4n) is 5.23. The molecule has 1 aromatic rings. The molecular weight excluding hydrogens is 400 g/mol. The van der Waals surface area contributed by atoms with Crippen LogP contribution in [0.1, 0.15) is 134 Å². The monoisotopic (exact) mass is 452 g/mol. The highest BCUT2D eigenvalue weighted by Crippen LogP contribution is 2.19. The van der Waals surface area contributed by atoms with Crippen molar-refractivity contribution >= 4 is 14.7 Å². The number of hydrogen-bond donors (Lipinski definition) is 0. The SMILES string of the molecule is CCCCCCCCCCCCCCCCCCc1c(C)cccc1[SiH2]C1=C(C)C=CC1. The van der Waals surface area contributed by atoms with Gasteiger partial charge in [0.05, 0.1) is 9.52 Å². The molecule has 0 spiro atoms. The molecule has 0 saturated heterocycles. The topological polar surface area (TPSA) is 0 Å². The zero-order chi connectivity index (χ0) is 22.9. The first-order chi connectivity index (χ1) is 15.7. The van der Waals surface area contributed by atoms with Crippen molar-refractivity contribution in [3.8, 4) is 0 Å². The van der Waals surface area contributed by atoms with Crippen LogP contribution in [-0.4, -0.2) is 9.52 Å². The van der Waals surface area contributed by atoms with Gasteiger partial charge < -0.3 is 0 Å². The molecule has 180 valence electrons. The smallest absolute Gasteiger partial charge is 0.0806 e. The maximum absolute atomic E-state index is 2.43. The van der Waals surface area contributed by atoms with Gasteiger partial charge in [0.15, 0.2) is 0 Å². The number of unbranched alkanes of at least 4 members (excludes halogenated alkanes) is 15. The van der Waals surface area contributed by atoms with E-state index in [4.69, 9.17) is 0 Å². The summed E-state index contributed by atoms with van der Waals surface area (Å²) < 4.78 is 0. The molecule has 0 saturated carbocycles. The first-order valence-electron chi connectivity index (χ1n) is 14.1. The summed E-state index contributed by atoms with van der Waals surface area (Å²) in [4.78, 5) is 0. The van der Waals surface area contributed by atoms with E-state index < -0.39 is 0 Å². The minimum Gasteiger partial charge on any atom is -0.0806 e. The van der Waals surface area contributed by atoms with Crippen LogP contribution in [0.15, 0.2) is 41.1 Å². The highest BCUT2D eigenvalue weighted by Gasteiger charge is 2.11. The number of aryl methyl sites for hydroxylation is 1. The Bertz CT molecular complexity index is 682. The number of hydrogen-bond acceptors (Lipinski definition) is 0. The van der Waals surface area contributed by atoms with E-state index in [9.17, 15) is 0 Å². The molecule has 0 heterocycles. The van der Waals surface area contributed by atoms with Crippen molar-refractivity contribution in [1.29, 1.82) is 0 Å². The van der Waals surface area contributed by atoms with Gasteiger partial charge in [0, 0.05) is 0 Å². The molecule has 1 aliphatic rings. The molecule has 1 aromatic carbocycles. The molecule has 1 heteroatoms. The van der Waals surface area contributed by atoms with Crippen LogP contribution in [0.2, 0.25) is 0 Å². The lowest BCUT2D eigenvalue weighted by Gasteiger charge is -2.14. The Hall–Kier alpha value is -1.08. The predicted molar refractivity (Wildman–Crippen MR) is 149 cm³/mol. The third-order valence-electron chi connectivity index (χ3n) is 7.48. The molecule has 0 aromatic heterocycles.